The molecule has 0 bridgehead atoms. The van der Waals surface area contributed by atoms with E-state index in [0.717, 1.165) is 54.3 Å². The highest BCUT2D eigenvalue weighted by atomic mass is 32.1. The quantitative estimate of drug-likeness (QED) is 0.583. The predicted octanol–water partition coefficient (Wildman–Crippen LogP) is 1.68. The van der Waals surface area contributed by atoms with Crippen molar-refractivity contribution in [2.24, 2.45) is 0 Å². The van der Waals surface area contributed by atoms with Gasteiger partial charge in [0.05, 0.1) is 11.4 Å². The predicted molar refractivity (Wildman–Crippen MR) is 115 cm³/mol. The van der Waals surface area contributed by atoms with Crippen molar-refractivity contribution in [2.75, 3.05) is 31.6 Å². The SMILES string of the molecule is Cc1cccc(C)c1NC(=O)CNC(=O)C[NH+](Cc1cccs1)C[C@H]1CCCO1. The minimum Gasteiger partial charge on any atom is -0.372 e. The molecule has 1 unspecified atom stereocenters. The second-order valence-corrected chi connectivity index (χ2v) is 8.65. The van der Waals surface area contributed by atoms with Crippen LogP contribution in [0.3, 0.4) is 0 Å². The molecular formula is C22H30N3O3S+. The summed E-state index contributed by atoms with van der Waals surface area (Å²) in [4.78, 5) is 27.2. The molecule has 1 aromatic carbocycles. The molecule has 2 atom stereocenters. The molecule has 156 valence electrons. The van der Waals surface area contributed by atoms with Crippen molar-refractivity contribution in [3.8, 4) is 0 Å². The summed E-state index contributed by atoms with van der Waals surface area (Å²) in [5.41, 5.74) is 2.83. The Balaban J connectivity index is 1.50. The minimum atomic E-state index is -0.213. The maximum atomic E-state index is 12.5. The smallest absolute Gasteiger partial charge is 0.275 e. The van der Waals surface area contributed by atoms with Crippen LogP contribution >= 0.6 is 11.3 Å². The van der Waals surface area contributed by atoms with E-state index in [1.54, 1.807) is 11.3 Å². The van der Waals surface area contributed by atoms with Crippen LogP contribution in [0.4, 0.5) is 5.69 Å². The molecule has 2 heterocycles. The molecule has 29 heavy (non-hydrogen) atoms. The van der Waals surface area contributed by atoms with Gasteiger partial charge < -0.3 is 20.3 Å². The van der Waals surface area contributed by atoms with Crippen LogP contribution in [0.1, 0.15) is 28.8 Å². The fourth-order valence-electron chi connectivity index (χ4n) is 3.66. The van der Waals surface area contributed by atoms with Crippen molar-refractivity contribution >= 4 is 28.8 Å². The molecule has 1 saturated heterocycles. The lowest BCUT2D eigenvalue weighted by Crippen LogP contribution is -3.13. The van der Waals surface area contributed by atoms with Crippen molar-refractivity contribution < 1.29 is 19.2 Å². The lowest BCUT2D eigenvalue weighted by Gasteiger charge is -2.21. The Hall–Kier alpha value is -2.22. The molecule has 3 N–H and O–H groups in total. The van der Waals surface area contributed by atoms with E-state index in [1.807, 2.05) is 38.1 Å². The number of amides is 2. The first kappa shape index (κ1) is 21.5. The molecule has 0 radical (unpaired) electrons. The molecule has 3 rings (SSSR count). The Morgan fingerprint density at radius 3 is 2.62 bits per heavy atom. The Kier molecular flexibility index (Phi) is 7.80. The molecule has 1 aliphatic rings. The number of para-hydroxylation sites is 1. The first-order valence-corrected chi connectivity index (χ1v) is 11.0. The van der Waals surface area contributed by atoms with Gasteiger partial charge in [0.2, 0.25) is 5.91 Å². The Morgan fingerprint density at radius 1 is 1.17 bits per heavy atom. The van der Waals surface area contributed by atoms with E-state index in [9.17, 15) is 9.59 Å². The average Bonchev–Trinajstić information content (AvgIpc) is 3.37. The molecule has 1 aliphatic heterocycles. The third-order valence-corrected chi connectivity index (χ3v) is 6.02. The fourth-order valence-corrected chi connectivity index (χ4v) is 4.43. The van der Waals surface area contributed by atoms with E-state index in [1.165, 1.54) is 4.88 Å². The second kappa shape index (κ2) is 10.5. The van der Waals surface area contributed by atoms with Crippen LogP contribution in [0.5, 0.6) is 0 Å². The zero-order valence-electron chi connectivity index (χ0n) is 17.1. The van der Waals surface area contributed by atoms with Gasteiger partial charge in [0.1, 0.15) is 19.2 Å². The second-order valence-electron chi connectivity index (χ2n) is 7.61. The van der Waals surface area contributed by atoms with Crippen molar-refractivity contribution in [2.45, 2.75) is 39.3 Å². The van der Waals surface area contributed by atoms with Gasteiger partial charge in [0, 0.05) is 12.3 Å². The summed E-state index contributed by atoms with van der Waals surface area (Å²) in [6.07, 6.45) is 2.35. The number of anilines is 1. The number of quaternary nitrogens is 1. The van der Waals surface area contributed by atoms with Gasteiger partial charge >= 0.3 is 0 Å². The molecule has 6 nitrogen and oxygen atoms in total. The first-order chi connectivity index (χ1) is 14.0. The van der Waals surface area contributed by atoms with Crippen molar-refractivity contribution in [1.29, 1.82) is 0 Å². The molecule has 0 saturated carbocycles. The summed E-state index contributed by atoms with van der Waals surface area (Å²) in [6, 6.07) is 10.00. The maximum absolute atomic E-state index is 12.5. The zero-order valence-corrected chi connectivity index (χ0v) is 17.9. The number of nitrogens with one attached hydrogen (secondary N) is 3. The summed E-state index contributed by atoms with van der Waals surface area (Å²) < 4.78 is 5.76. The van der Waals surface area contributed by atoms with E-state index < -0.39 is 0 Å². The van der Waals surface area contributed by atoms with Gasteiger partial charge in [-0.05, 0) is 49.3 Å². The highest BCUT2D eigenvalue weighted by Crippen LogP contribution is 2.19. The number of hydrogen-bond donors (Lipinski definition) is 3. The number of benzene rings is 1. The van der Waals surface area contributed by atoms with Crippen LogP contribution < -0.4 is 15.5 Å². The monoisotopic (exact) mass is 416 g/mol. The number of thiophene rings is 1. The molecule has 0 aliphatic carbocycles. The first-order valence-electron chi connectivity index (χ1n) is 10.1. The molecule has 2 amide bonds. The van der Waals surface area contributed by atoms with Gasteiger partial charge in [0.15, 0.2) is 6.54 Å². The van der Waals surface area contributed by atoms with Crippen LogP contribution in [0.25, 0.3) is 0 Å². The third kappa shape index (κ3) is 6.66. The lowest BCUT2D eigenvalue weighted by atomic mass is 10.1. The summed E-state index contributed by atoms with van der Waals surface area (Å²) >= 11 is 1.70. The molecule has 2 aromatic rings. The van der Waals surface area contributed by atoms with Gasteiger partial charge in [-0.15, -0.1) is 11.3 Å². The van der Waals surface area contributed by atoms with E-state index >= 15 is 0 Å². The topological polar surface area (TPSA) is 71.9 Å². The molecular weight excluding hydrogens is 386 g/mol. The number of ether oxygens (including phenoxy) is 1. The van der Waals surface area contributed by atoms with Crippen LogP contribution in [-0.2, 0) is 20.9 Å². The summed E-state index contributed by atoms with van der Waals surface area (Å²) in [5.74, 6) is -0.333. The van der Waals surface area contributed by atoms with Gasteiger partial charge in [-0.1, -0.05) is 24.3 Å². The van der Waals surface area contributed by atoms with Gasteiger partial charge in [-0.25, -0.2) is 0 Å². The van der Waals surface area contributed by atoms with Crippen LogP contribution in [-0.4, -0.2) is 44.2 Å². The number of aryl methyl sites for hydroxylation is 2. The lowest BCUT2D eigenvalue weighted by molar-refractivity contribution is -0.908. The van der Waals surface area contributed by atoms with Crippen molar-refractivity contribution in [3.05, 3.63) is 51.7 Å². The van der Waals surface area contributed by atoms with Gasteiger partial charge in [-0.2, -0.15) is 0 Å². The van der Waals surface area contributed by atoms with Crippen LogP contribution in [0.2, 0.25) is 0 Å². The van der Waals surface area contributed by atoms with E-state index in [-0.39, 0.29) is 24.5 Å². The highest BCUT2D eigenvalue weighted by molar-refractivity contribution is 7.09. The average molecular weight is 417 g/mol. The standard InChI is InChI=1S/C22H29N3O3S/c1-16-6-3-7-17(2)22(16)24-20(26)12-23-21(27)15-25(13-18-8-4-10-28-18)14-19-9-5-11-29-19/h3,5-7,9,11,18H,4,8,10,12-15H2,1-2H3,(H,23,27)(H,24,26)/p+1/t18-/m1/s1. The van der Waals surface area contributed by atoms with Crippen LogP contribution in [0, 0.1) is 13.8 Å². The van der Waals surface area contributed by atoms with Crippen molar-refractivity contribution in [1.82, 2.24) is 5.32 Å². The van der Waals surface area contributed by atoms with Crippen LogP contribution in [0.15, 0.2) is 35.7 Å². The number of rotatable bonds is 9. The third-order valence-electron chi connectivity index (χ3n) is 5.15. The van der Waals surface area contributed by atoms with Gasteiger partial charge in [-0.3, -0.25) is 9.59 Å². The van der Waals surface area contributed by atoms with E-state index in [0.29, 0.717) is 6.54 Å². The summed E-state index contributed by atoms with van der Waals surface area (Å²) in [5, 5.41) is 7.72. The highest BCUT2D eigenvalue weighted by Gasteiger charge is 2.24. The van der Waals surface area contributed by atoms with E-state index in [4.69, 9.17) is 4.74 Å². The number of carbonyl (C=O) groups is 2. The molecule has 0 spiro atoms. The Bertz CT molecular complexity index is 796. The maximum Gasteiger partial charge on any atom is 0.275 e. The summed E-state index contributed by atoms with van der Waals surface area (Å²) in [6.45, 7) is 6.62. The molecule has 7 heteroatoms. The fraction of sp³-hybridized carbons (Fsp3) is 0.455. The molecule has 1 aromatic heterocycles. The van der Waals surface area contributed by atoms with E-state index in [2.05, 4.69) is 22.1 Å². The van der Waals surface area contributed by atoms with Crippen molar-refractivity contribution in [3.63, 3.8) is 0 Å². The number of carbonyl (C=O) groups excluding carboxylic acids is 2. The number of hydrogen-bond acceptors (Lipinski definition) is 4. The largest absolute Gasteiger partial charge is 0.372 e. The normalized spacial score (nSPS) is 17.1. The molecule has 1 fully saturated rings. The Morgan fingerprint density at radius 2 is 1.97 bits per heavy atom. The zero-order chi connectivity index (χ0) is 20.6. The van der Waals surface area contributed by atoms with Gasteiger partial charge in [0.25, 0.3) is 5.91 Å². The summed E-state index contributed by atoms with van der Waals surface area (Å²) in [7, 11) is 0. The minimum absolute atomic E-state index is 0.0290. The Labute approximate surface area is 176 Å².